The Morgan fingerprint density at radius 2 is 1.22 bits per heavy atom. The van der Waals surface area contributed by atoms with Gasteiger partial charge >= 0.3 is 0 Å². The standard InChI is InChI=1S/C19H24O4/c1-10-14-5-7-18(22-14,12(3)16(10)20)9-19-8-6-15(23-19)11(2)17(21)13(19)4/h5-8,10-15H,9H2,1-4H3/t10-,11+,12-,13+,14+,15-,18+,19-. The Bertz CT molecular complexity index is 581. The summed E-state index contributed by atoms with van der Waals surface area (Å²) < 4.78 is 12.6. The lowest BCUT2D eigenvalue weighted by molar-refractivity contribution is -0.188. The van der Waals surface area contributed by atoms with E-state index >= 15 is 0 Å². The lowest BCUT2D eigenvalue weighted by Crippen LogP contribution is -2.58. The van der Waals surface area contributed by atoms with Crippen LogP contribution in [0.3, 0.4) is 0 Å². The summed E-state index contributed by atoms with van der Waals surface area (Å²) in [6.07, 6.45) is 8.33. The van der Waals surface area contributed by atoms with E-state index in [0.29, 0.717) is 6.42 Å². The fourth-order valence-electron chi connectivity index (χ4n) is 4.74. The Morgan fingerprint density at radius 3 is 1.61 bits per heavy atom. The number of rotatable bonds is 2. The number of hydrogen-bond acceptors (Lipinski definition) is 4. The first-order valence-electron chi connectivity index (χ1n) is 8.61. The van der Waals surface area contributed by atoms with Crippen LogP contribution in [0.1, 0.15) is 34.1 Å². The minimum absolute atomic E-state index is 0.104. The molecule has 4 nitrogen and oxygen atoms in total. The third-order valence-electron chi connectivity index (χ3n) is 6.60. The van der Waals surface area contributed by atoms with Gasteiger partial charge in [0.15, 0.2) is 0 Å². The molecule has 0 spiro atoms. The highest BCUT2D eigenvalue weighted by Gasteiger charge is 2.60. The lowest BCUT2D eigenvalue weighted by atomic mass is 9.69. The van der Waals surface area contributed by atoms with Crippen molar-refractivity contribution in [2.24, 2.45) is 23.7 Å². The summed E-state index contributed by atoms with van der Waals surface area (Å²) in [5.41, 5.74) is -1.30. The molecule has 4 heteroatoms. The van der Waals surface area contributed by atoms with E-state index in [-0.39, 0.29) is 47.4 Å². The molecule has 0 radical (unpaired) electrons. The van der Waals surface area contributed by atoms with Crippen molar-refractivity contribution in [2.75, 3.05) is 0 Å². The van der Waals surface area contributed by atoms with E-state index in [1.807, 2.05) is 52.0 Å². The van der Waals surface area contributed by atoms with Crippen LogP contribution >= 0.6 is 0 Å². The van der Waals surface area contributed by atoms with Gasteiger partial charge < -0.3 is 9.47 Å². The van der Waals surface area contributed by atoms with Crippen molar-refractivity contribution >= 4 is 11.6 Å². The predicted molar refractivity (Wildman–Crippen MR) is 84.8 cm³/mol. The molecule has 0 aliphatic carbocycles. The van der Waals surface area contributed by atoms with Crippen LogP contribution < -0.4 is 0 Å². The van der Waals surface area contributed by atoms with Crippen molar-refractivity contribution in [3.8, 4) is 0 Å². The Balaban J connectivity index is 1.68. The smallest absolute Gasteiger partial charge is 0.144 e. The van der Waals surface area contributed by atoms with Crippen molar-refractivity contribution in [3.05, 3.63) is 24.3 Å². The summed E-state index contributed by atoms with van der Waals surface area (Å²) in [7, 11) is 0. The molecule has 4 heterocycles. The van der Waals surface area contributed by atoms with Crippen molar-refractivity contribution in [1.29, 1.82) is 0 Å². The predicted octanol–water partition coefficient (Wildman–Crippen LogP) is 2.47. The maximum absolute atomic E-state index is 12.6. The molecular formula is C19H24O4. The number of fused-ring (bicyclic) bond motifs is 4. The number of Topliss-reactive ketones (excluding diaryl/α,β-unsaturated/α-hetero) is 2. The summed E-state index contributed by atoms with van der Waals surface area (Å²) in [5, 5.41) is 0. The van der Waals surface area contributed by atoms with Crippen LogP contribution in [0.25, 0.3) is 0 Å². The highest BCUT2D eigenvalue weighted by molar-refractivity contribution is 5.88. The van der Waals surface area contributed by atoms with E-state index in [1.165, 1.54) is 0 Å². The van der Waals surface area contributed by atoms with Gasteiger partial charge in [0.25, 0.3) is 0 Å². The fourth-order valence-corrected chi connectivity index (χ4v) is 4.74. The molecule has 0 aromatic rings. The third kappa shape index (κ3) is 1.85. The van der Waals surface area contributed by atoms with E-state index in [1.54, 1.807) is 0 Å². The molecule has 0 saturated carbocycles. The molecule has 2 fully saturated rings. The van der Waals surface area contributed by atoms with Gasteiger partial charge in [0, 0.05) is 30.1 Å². The van der Waals surface area contributed by atoms with Gasteiger partial charge in [-0.05, 0) is 0 Å². The highest BCUT2D eigenvalue weighted by Crippen LogP contribution is 2.51. The lowest BCUT2D eigenvalue weighted by Gasteiger charge is -2.48. The first kappa shape index (κ1) is 15.3. The number of carbonyl (C=O) groups excluding carboxylic acids is 2. The van der Waals surface area contributed by atoms with Crippen LogP contribution in [0, 0.1) is 23.7 Å². The molecule has 4 bridgehead atoms. The second-order valence-corrected chi connectivity index (χ2v) is 7.80. The molecule has 4 aliphatic heterocycles. The third-order valence-corrected chi connectivity index (χ3v) is 6.60. The molecule has 2 saturated heterocycles. The summed E-state index contributed by atoms with van der Waals surface area (Å²) in [5.74, 6) is -0.173. The average Bonchev–Trinajstić information content (AvgIpc) is 3.12. The van der Waals surface area contributed by atoms with E-state index in [9.17, 15) is 9.59 Å². The van der Waals surface area contributed by atoms with Crippen molar-refractivity contribution < 1.29 is 19.1 Å². The van der Waals surface area contributed by atoms with Gasteiger partial charge in [-0.3, -0.25) is 9.59 Å². The first-order valence-corrected chi connectivity index (χ1v) is 8.61. The van der Waals surface area contributed by atoms with Crippen molar-refractivity contribution in [1.82, 2.24) is 0 Å². The minimum atomic E-state index is -0.650. The highest BCUT2D eigenvalue weighted by atomic mass is 16.5. The molecule has 4 rings (SSSR count). The fraction of sp³-hybridized carbons (Fsp3) is 0.684. The van der Waals surface area contributed by atoms with Crippen LogP contribution in [-0.2, 0) is 19.1 Å². The Hall–Kier alpha value is -1.26. The summed E-state index contributed by atoms with van der Waals surface area (Å²) in [6, 6.07) is 0. The molecule has 0 aromatic carbocycles. The first-order chi connectivity index (χ1) is 10.8. The SMILES string of the molecule is C[C@@H]1C(=O)[C@H](C)[C@]2(C[C@]34C=C[C@H](O3)[C@@H](C)C(=O)[C@H]4C)C=C[C@H]1O2. The molecular weight excluding hydrogens is 292 g/mol. The van der Waals surface area contributed by atoms with E-state index in [0.717, 1.165) is 0 Å². The van der Waals surface area contributed by atoms with E-state index in [4.69, 9.17) is 9.47 Å². The Kier molecular flexibility index (Phi) is 3.08. The maximum atomic E-state index is 12.6. The van der Waals surface area contributed by atoms with Crippen LogP contribution in [0.4, 0.5) is 0 Å². The molecule has 0 N–H and O–H groups in total. The summed E-state index contributed by atoms with van der Waals surface area (Å²) in [6.45, 7) is 7.74. The normalized spacial score (nSPS) is 54.1. The average molecular weight is 316 g/mol. The van der Waals surface area contributed by atoms with E-state index < -0.39 is 11.2 Å². The number of carbonyl (C=O) groups is 2. The van der Waals surface area contributed by atoms with Crippen LogP contribution in [0.5, 0.6) is 0 Å². The molecule has 0 amide bonds. The molecule has 4 aliphatic rings. The van der Waals surface area contributed by atoms with Crippen molar-refractivity contribution in [2.45, 2.75) is 57.5 Å². The van der Waals surface area contributed by atoms with Gasteiger partial charge in [-0.1, -0.05) is 52.0 Å². The largest absolute Gasteiger partial charge is 0.362 e. The van der Waals surface area contributed by atoms with Crippen LogP contribution in [0.2, 0.25) is 0 Å². The topological polar surface area (TPSA) is 52.6 Å². The minimum Gasteiger partial charge on any atom is -0.362 e. The Labute approximate surface area is 136 Å². The van der Waals surface area contributed by atoms with E-state index in [2.05, 4.69) is 0 Å². The van der Waals surface area contributed by atoms with Crippen molar-refractivity contribution in [3.63, 3.8) is 0 Å². The molecule has 0 aromatic heterocycles. The maximum Gasteiger partial charge on any atom is 0.144 e. The number of hydrogen-bond donors (Lipinski definition) is 0. The van der Waals surface area contributed by atoms with Crippen LogP contribution in [-0.4, -0.2) is 35.0 Å². The van der Waals surface area contributed by atoms with Gasteiger partial charge in [-0.15, -0.1) is 0 Å². The zero-order valence-electron chi connectivity index (χ0n) is 14.1. The Morgan fingerprint density at radius 1 is 0.826 bits per heavy atom. The number of ketones is 2. The molecule has 23 heavy (non-hydrogen) atoms. The van der Waals surface area contributed by atoms with Crippen LogP contribution in [0.15, 0.2) is 24.3 Å². The van der Waals surface area contributed by atoms with Gasteiger partial charge in [0.2, 0.25) is 0 Å². The van der Waals surface area contributed by atoms with Gasteiger partial charge in [0.05, 0.1) is 23.4 Å². The second-order valence-electron chi connectivity index (χ2n) is 7.80. The second kappa shape index (κ2) is 4.64. The quantitative estimate of drug-likeness (QED) is 0.735. The summed E-state index contributed by atoms with van der Waals surface area (Å²) >= 11 is 0. The molecule has 124 valence electrons. The zero-order chi connectivity index (χ0) is 16.6. The summed E-state index contributed by atoms with van der Waals surface area (Å²) in [4.78, 5) is 25.2. The molecule has 0 unspecified atom stereocenters. The van der Waals surface area contributed by atoms with Gasteiger partial charge in [-0.2, -0.15) is 0 Å². The van der Waals surface area contributed by atoms with Gasteiger partial charge in [0.1, 0.15) is 11.6 Å². The molecule has 8 atom stereocenters. The monoisotopic (exact) mass is 316 g/mol. The zero-order valence-corrected chi connectivity index (χ0v) is 14.1. The number of ether oxygens (including phenoxy) is 2. The van der Waals surface area contributed by atoms with Gasteiger partial charge in [-0.25, -0.2) is 0 Å².